The van der Waals surface area contributed by atoms with Gasteiger partial charge in [-0.1, -0.05) is 100 Å². The van der Waals surface area contributed by atoms with Gasteiger partial charge in [-0.25, -0.2) is 0 Å². The standard InChI is InChI=1S/C34H24Cl3N3O4S2/c1-19-5-2-3-6-22(19)17-44-26-13-10-20(11-14-26)30(41)28-29(21-7-4-8-24(35)15-21)40(32(43)31(28)42)33-38-39-34(46-33)45-18-23-9-12-25(36)16-27(23)37/h2-16,29,41H,17-18H2,1H3/b30-28+. The summed E-state index contributed by atoms with van der Waals surface area (Å²) >= 11 is 21.2. The second kappa shape index (κ2) is 13.9. The molecule has 0 bridgehead atoms. The van der Waals surface area contributed by atoms with Gasteiger partial charge >= 0.3 is 5.91 Å². The lowest BCUT2D eigenvalue weighted by atomic mass is 9.95. The van der Waals surface area contributed by atoms with Crippen LogP contribution in [0.5, 0.6) is 5.75 Å². The first-order valence-corrected chi connectivity index (χ1v) is 16.9. The Morgan fingerprint density at radius 1 is 0.913 bits per heavy atom. The van der Waals surface area contributed by atoms with Crippen LogP contribution in [0.2, 0.25) is 15.1 Å². The molecule has 0 spiro atoms. The summed E-state index contributed by atoms with van der Waals surface area (Å²) in [5, 5.41) is 21.7. The highest BCUT2D eigenvalue weighted by Crippen LogP contribution is 2.44. The molecule has 1 aliphatic rings. The number of rotatable bonds is 9. The van der Waals surface area contributed by atoms with Crippen molar-refractivity contribution in [2.24, 2.45) is 0 Å². The summed E-state index contributed by atoms with van der Waals surface area (Å²) < 4.78 is 6.51. The van der Waals surface area contributed by atoms with Gasteiger partial charge in [0.2, 0.25) is 5.13 Å². The van der Waals surface area contributed by atoms with Crippen LogP contribution >= 0.6 is 57.9 Å². The number of ether oxygens (including phenoxy) is 1. The minimum absolute atomic E-state index is 0.0850. The second-order valence-electron chi connectivity index (χ2n) is 10.3. The molecule has 1 amide bonds. The SMILES string of the molecule is Cc1ccccc1COc1ccc(/C(O)=C2\C(=O)C(=O)N(c3nnc(SCc4ccc(Cl)cc4Cl)s3)C2c2cccc(Cl)c2)cc1. The van der Waals surface area contributed by atoms with Crippen LogP contribution in [0.15, 0.2) is 101 Å². The molecule has 1 atom stereocenters. The fourth-order valence-electron chi connectivity index (χ4n) is 4.96. The third-order valence-corrected chi connectivity index (χ3v) is 10.3. The van der Waals surface area contributed by atoms with Gasteiger partial charge in [0.1, 0.15) is 18.1 Å². The quantitative estimate of drug-likeness (QED) is 0.0537. The number of aromatic nitrogens is 2. The van der Waals surface area contributed by atoms with Gasteiger partial charge in [0.15, 0.2) is 4.34 Å². The number of aliphatic hydroxyl groups excluding tert-OH is 1. The molecule has 46 heavy (non-hydrogen) atoms. The normalized spacial score (nSPS) is 15.8. The van der Waals surface area contributed by atoms with Crippen molar-refractivity contribution >= 4 is 80.5 Å². The van der Waals surface area contributed by atoms with Crippen molar-refractivity contribution in [3.05, 3.63) is 139 Å². The van der Waals surface area contributed by atoms with Crippen LogP contribution in [0.1, 0.15) is 33.9 Å². The van der Waals surface area contributed by atoms with Crippen molar-refractivity contribution in [3.8, 4) is 5.75 Å². The number of hydrogen-bond acceptors (Lipinski definition) is 8. The third kappa shape index (κ3) is 6.79. The van der Waals surface area contributed by atoms with Crippen LogP contribution < -0.4 is 9.64 Å². The van der Waals surface area contributed by atoms with Crippen LogP contribution in [-0.4, -0.2) is 27.0 Å². The highest BCUT2D eigenvalue weighted by atomic mass is 35.5. The van der Waals surface area contributed by atoms with Gasteiger partial charge in [0, 0.05) is 26.4 Å². The van der Waals surface area contributed by atoms with Crippen LogP contribution in [-0.2, 0) is 21.9 Å². The maximum absolute atomic E-state index is 13.6. The number of hydrogen-bond donors (Lipinski definition) is 1. The number of thioether (sulfide) groups is 1. The van der Waals surface area contributed by atoms with E-state index in [1.54, 1.807) is 60.7 Å². The van der Waals surface area contributed by atoms with Crippen molar-refractivity contribution < 1.29 is 19.4 Å². The molecule has 232 valence electrons. The Hall–Kier alpha value is -3.86. The molecule has 1 fully saturated rings. The number of aliphatic hydroxyl groups is 1. The van der Waals surface area contributed by atoms with Crippen molar-refractivity contribution in [2.45, 2.75) is 29.7 Å². The Labute approximate surface area is 288 Å². The molecule has 12 heteroatoms. The molecule has 1 unspecified atom stereocenters. The van der Waals surface area contributed by atoms with Gasteiger partial charge in [0.05, 0.1) is 11.6 Å². The van der Waals surface area contributed by atoms with Crippen LogP contribution in [0.25, 0.3) is 5.76 Å². The number of carbonyl (C=O) groups is 2. The average Bonchev–Trinajstić information content (AvgIpc) is 3.61. The van der Waals surface area contributed by atoms with E-state index in [1.165, 1.54) is 16.7 Å². The topological polar surface area (TPSA) is 92.6 Å². The van der Waals surface area contributed by atoms with Crippen molar-refractivity contribution in [1.82, 2.24) is 10.2 Å². The minimum Gasteiger partial charge on any atom is -0.507 e. The Morgan fingerprint density at radius 2 is 1.67 bits per heavy atom. The Bertz CT molecular complexity index is 1980. The number of halogens is 3. The van der Waals surface area contributed by atoms with E-state index in [1.807, 2.05) is 37.3 Å². The Kier molecular flexibility index (Phi) is 9.67. The van der Waals surface area contributed by atoms with Gasteiger partial charge in [0.25, 0.3) is 5.78 Å². The number of amides is 1. The van der Waals surface area contributed by atoms with Gasteiger partial charge in [-0.05, 0) is 77.7 Å². The number of carbonyl (C=O) groups excluding carboxylic acids is 2. The molecular weight excluding hydrogens is 685 g/mol. The van der Waals surface area contributed by atoms with E-state index in [2.05, 4.69) is 10.2 Å². The molecule has 5 aromatic rings. The summed E-state index contributed by atoms with van der Waals surface area (Å²) in [5.41, 5.74) is 3.83. The van der Waals surface area contributed by atoms with Gasteiger partial charge in [-0.2, -0.15) is 0 Å². The van der Waals surface area contributed by atoms with E-state index in [4.69, 9.17) is 39.5 Å². The van der Waals surface area contributed by atoms with E-state index >= 15 is 0 Å². The van der Waals surface area contributed by atoms with E-state index in [9.17, 15) is 14.7 Å². The van der Waals surface area contributed by atoms with E-state index in [0.29, 0.717) is 48.6 Å². The predicted molar refractivity (Wildman–Crippen MR) is 184 cm³/mol. The van der Waals surface area contributed by atoms with Gasteiger partial charge < -0.3 is 9.84 Å². The average molecular weight is 709 g/mol. The lowest BCUT2D eigenvalue weighted by Gasteiger charge is -2.22. The highest BCUT2D eigenvalue weighted by Gasteiger charge is 2.48. The fourth-order valence-corrected chi connectivity index (χ4v) is 7.58. The lowest BCUT2D eigenvalue weighted by Crippen LogP contribution is -2.29. The highest BCUT2D eigenvalue weighted by molar-refractivity contribution is 8.00. The summed E-state index contributed by atoms with van der Waals surface area (Å²) in [7, 11) is 0. The van der Waals surface area contributed by atoms with Gasteiger partial charge in [-0.15, -0.1) is 10.2 Å². The molecule has 0 saturated carbocycles. The molecule has 1 saturated heterocycles. The number of benzene rings is 4. The molecule has 0 aliphatic carbocycles. The zero-order valence-electron chi connectivity index (χ0n) is 24.1. The third-order valence-electron chi connectivity index (χ3n) is 7.36. The smallest absolute Gasteiger partial charge is 0.301 e. The molecule has 1 aliphatic heterocycles. The van der Waals surface area contributed by atoms with E-state index in [-0.39, 0.29) is 16.5 Å². The predicted octanol–water partition coefficient (Wildman–Crippen LogP) is 9.30. The zero-order chi connectivity index (χ0) is 32.4. The van der Waals surface area contributed by atoms with E-state index in [0.717, 1.165) is 28.0 Å². The summed E-state index contributed by atoms with van der Waals surface area (Å²) in [4.78, 5) is 28.4. The lowest BCUT2D eigenvalue weighted by molar-refractivity contribution is -0.132. The first kappa shape index (κ1) is 32.1. The summed E-state index contributed by atoms with van der Waals surface area (Å²) in [6, 6.07) is 25.7. The van der Waals surface area contributed by atoms with Gasteiger partial charge in [-0.3, -0.25) is 14.5 Å². The molecule has 6 rings (SSSR count). The maximum atomic E-state index is 13.6. The maximum Gasteiger partial charge on any atom is 0.301 e. The summed E-state index contributed by atoms with van der Waals surface area (Å²) in [5.74, 6) is -0.928. The summed E-state index contributed by atoms with van der Waals surface area (Å²) in [6.07, 6.45) is 0. The Balaban J connectivity index is 1.30. The summed E-state index contributed by atoms with van der Waals surface area (Å²) in [6.45, 7) is 2.40. The number of nitrogens with zero attached hydrogens (tertiary/aromatic N) is 3. The van der Waals surface area contributed by atoms with Crippen molar-refractivity contribution in [2.75, 3.05) is 4.90 Å². The molecule has 2 heterocycles. The first-order valence-electron chi connectivity index (χ1n) is 13.9. The van der Waals surface area contributed by atoms with Crippen LogP contribution in [0.3, 0.4) is 0 Å². The number of anilines is 1. The molecule has 0 radical (unpaired) electrons. The fraction of sp³-hybridized carbons (Fsp3) is 0.118. The molecular formula is C34H24Cl3N3O4S2. The molecule has 1 N–H and O–H groups in total. The molecule has 4 aromatic carbocycles. The number of Topliss-reactive ketones (excluding diaryl/α,β-unsaturated/α-hetero) is 1. The Morgan fingerprint density at radius 3 is 2.41 bits per heavy atom. The second-order valence-corrected chi connectivity index (χ2v) is 13.8. The van der Waals surface area contributed by atoms with Crippen LogP contribution in [0, 0.1) is 6.92 Å². The number of aryl methyl sites for hydroxylation is 1. The minimum atomic E-state index is -0.993. The van der Waals surface area contributed by atoms with E-state index < -0.39 is 17.7 Å². The number of ketones is 1. The zero-order valence-corrected chi connectivity index (χ0v) is 28.0. The van der Waals surface area contributed by atoms with Crippen LogP contribution in [0.4, 0.5) is 5.13 Å². The largest absolute Gasteiger partial charge is 0.507 e. The molecule has 7 nitrogen and oxygen atoms in total. The monoisotopic (exact) mass is 707 g/mol. The van der Waals surface area contributed by atoms with Crippen molar-refractivity contribution in [3.63, 3.8) is 0 Å². The first-order chi connectivity index (χ1) is 22.2. The van der Waals surface area contributed by atoms with Crippen molar-refractivity contribution in [1.29, 1.82) is 0 Å². The molecule has 1 aromatic heterocycles.